The first kappa shape index (κ1) is 9.51. The van der Waals surface area contributed by atoms with Crippen LogP contribution in [0.1, 0.15) is 11.7 Å². The first-order chi connectivity index (χ1) is 7.25. The molecule has 5 heteroatoms. The Kier molecular flexibility index (Phi) is 2.53. The Morgan fingerprint density at radius 1 is 1.40 bits per heavy atom. The number of rotatable bonds is 3. The molecule has 0 fully saturated rings. The molecule has 1 heterocycles. The van der Waals surface area contributed by atoms with Gasteiger partial charge in [-0.05, 0) is 19.1 Å². The molecule has 78 valence electrons. The van der Waals surface area contributed by atoms with E-state index in [9.17, 15) is 5.11 Å². The summed E-state index contributed by atoms with van der Waals surface area (Å²) in [6.45, 7) is 1.88. The molecule has 1 N–H and O–H groups in total. The Labute approximate surface area is 86.3 Å². The van der Waals surface area contributed by atoms with Gasteiger partial charge in [-0.2, -0.15) is 4.98 Å². The molecule has 15 heavy (non-hydrogen) atoms. The first-order valence-electron chi connectivity index (χ1n) is 4.45. The number of ether oxygens (including phenoxy) is 1. The minimum atomic E-state index is 0.0914. The molecule has 0 atom stereocenters. The summed E-state index contributed by atoms with van der Waals surface area (Å²) in [6, 6.07) is 6.71. The average molecular weight is 206 g/mol. The SMILES string of the molecule is Cc1noc(COc2ccccc2O)n1. The molecule has 2 rings (SSSR count). The summed E-state index contributed by atoms with van der Waals surface area (Å²) in [5.41, 5.74) is 0. The van der Waals surface area contributed by atoms with Crippen molar-refractivity contribution in [3.63, 3.8) is 0 Å². The van der Waals surface area contributed by atoms with Crippen LogP contribution >= 0.6 is 0 Å². The van der Waals surface area contributed by atoms with Crippen LogP contribution in [0.2, 0.25) is 0 Å². The second kappa shape index (κ2) is 4.00. The lowest BCUT2D eigenvalue weighted by Crippen LogP contribution is -1.95. The second-order valence-corrected chi connectivity index (χ2v) is 2.99. The van der Waals surface area contributed by atoms with Crippen LogP contribution in [0, 0.1) is 6.92 Å². The normalized spacial score (nSPS) is 10.2. The summed E-state index contributed by atoms with van der Waals surface area (Å²) in [5.74, 6) is 1.43. The number of para-hydroxylation sites is 2. The Morgan fingerprint density at radius 2 is 2.20 bits per heavy atom. The average Bonchev–Trinajstić information content (AvgIpc) is 2.63. The van der Waals surface area contributed by atoms with Crippen LogP contribution in [-0.2, 0) is 6.61 Å². The summed E-state index contributed by atoms with van der Waals surface area (Å²) >= 11 is 0. The molecule has 2 aromatic rings. The minimum absolute atomic E-state index is 0.0914. The van der Waals surface area contributed by atoms with Gasteiger partial charge < -0.3 is 14.4 Å². The molecule has 0 radical (unpaired) electrons. The monoisotopic (exact) mass is 206 g/mol. The summed E-state index contributed by atoms with van der Waals surface area (Å²) in [6.07, 6.45) is 0. The Morgan fingerprint density at radius 3 is 2.87 bits per heavy atom. The number of phenolic OH excluding ortho intramolecular Hbond substituents is 1. The van der Waals surface area contributed by atoms with Gasteiger partial charge in [0, 0.05) is 0 Å². The molecular weight excluding hydrogens is 196 g/mol. The molecule has 1 aromatic heterocycles. The zero-order chi connectivity index (χ0) is 10.7. The lowest BCUT2D eigenvalue weighted by atomic mass is 10.3. The van der Waals surface area contributed by atoms with Gasteiger partial charge in [0.25, 0.3) is 5.89 Å². The van der Waals surface area contributed by atoms with E-state index in [4.69, 9.17) is 9.26 Å². The molecule has 0 saturated heterocycles. The van der Waals surface area contributed by atoms with E-state index in [-0.39, 0.29) is 12.4 Å². The maximum Gasteiger partial charge on any atom is 0.264 e. The van der Waals surface area contributed by atoms with Gasteiger partial charge in [0.1, 0.15) is 0 Å². The number of phenols is 1. The van der Waals surface area contributed by atoms with Crippen molar-refractivity contribution in [1.29, 1.82) is 0 Å². The maximum absolute atomic E-state index is 9.40. The van der Waals surface area contributed by atoms with Gasteiger partial charge in [0.05, 0.1) is 0 Å². The lowest BCUT2D eigenvalue weighted by Gasteiger charge is -2.04. The second-order valence-electron chi connectivity index (χ2n) is 2.99. The summed E-state index contributed by atoms with van der Waals surface area (Å²) < 4.78 is 10.1. The topological polar surface area (TPSA) is 68.4 Å². The molecule has 1 aromatic carbocycles. The van der Waals surface area contributed by atoms with Gasteiger partial charge in [-0.1, -0.05) is 17.3 Å². The van der Waals surface area contributed by atoms with Gasteiger partial charge in [-0.15, -0.1) is 0 Å². The van der Waals surface area contributed by atoms with Gasteiger partial charge in [0.15, 0.2) is 23.9 Å². The number of nitrogens with zero attached hydrogens (tertiary/aromatic N) is 2. The van der Waals surface area contributed by atoms with E-state index in [0.29, 0.717) is 17.5 Å². The highest BCUT2D eigenvalue weighted by molar-refractivity contribution is 5.37. The number of aromatic hydroxyl groups is 1. The fourth-order valence-electron chi connectivity index (χ4n) is 1.12. The highest BCUT2D eigenvalue weighted by atomic mass is 16.5. The van der Waals surface area contributed by atoms with Crippen molar-refractivity contribution in [2.45, 2.75) is 13.5 Å². The fourth-order valence-corrected chi connectivity index (χ4v) is 1.12. The van der Waals surface area contributed by atoms with Crippen molar-refractivity contribution in [1.82, 2.24) is 10.1 Å². The van der Waals surface area contributed by atoms with Crippen LogP contribution in [0.4, 0.5) is 0 Å². The van der Waals surface area contributed by atoms with Crippen LogP contribution in [-0.4, -0.2) is 15.2 Å². The van der Waals surface area contributed by atoms with Crippen molar-refractivity contribution in [3.05, 3.63) is 36.0 Å². The zero-order valence-electron chi connectivity index (χ0n) is 8.17. The van der Waals surface area contributed by atoms with Crippen molar-refractivity contribution >= 4 is 0 Å². The molecule has 0 amide bonds. The molecule has 0 aliphatic carbocycles. The van der Waals surface area contributed by atoms with Crippen LogP contribution in [0.5, 0.6) is 11.5 Å². The van der Waals surface area contributed by atoms with E-state index in [1.165, 1.54) is 0 Å². The Hall–Kier alpha value is -2.04. The number of benzene rings is 1. The smallest absolute Gasteiger partial charge is 0.264 e. The standard InChI is InChI=1S/C10H10N2O3/c1-7-11-10(15-12-7)6-14-9-5-3-2-4-8(9)13/h2-5,13H,6H2,1H3. The maximum atomic E-state index is 9.40. The van der Waals surface area contributed by atoms with Crippen molar-refractivity contribution in [3.8, 4) is 11.5 Å². The molecule has 0 bridgehead atoms. The van der Waals surface area contributed by atoms with Crippen LogP contribution < -0.4 is 4.74 Å². The van der Waals surface area contributed by atoms with Gasteiger partial charge in [-0.25, -0.2) is 0 Å². The Balaban J connectivity index is 2.02. The fraction of sp³-hybridized carbons (Fsp3) is 0.200. The van der Waals surface area contributed by atoms with E-state index in [1.54, 1.807) is 31.2 Å². The molecule has 5 nitrogen and oxygen atoms in total. The lowest BCUT2D eigenvalue weighted by molar-refractivity contribution is 0.234. The van der Waals surface area contributed by atoms with E-state index in [2.05, 4.69) is 10.1 Å². The number of hydrogen-bond acceptors (Lipinski definition) is 5. The third-order valence-corrected chi connectivity index (χ3v) is 1.79. The third kappa shape index (κ3) is 2.25. The number of aromatic nitrogens is 2. The highest BCUT2D eigenvalue weighted by Crippen LogP contribution is 2.24. The third-order valence-electron chi connectivity index (χ3n) is 1.79. The van der Waals surface area contributed by atoms with E-state index in [0.717, 1.165) is 0 Å². The molecule has 0 aliphatic heterocycles. The number of hydrogen-bond donors (Lipinski definition) is 1. The van der Waals surface area contributed by atoms with E-state index < -0.39 is 0 Å². The quantitative estimate of drug-likeness (QED) is 0.827. The van der Waals surface area contributed by atoms with E-state index >= 15 is 0 Å². The van der Waals surface area contributed by atoms with Gasteiger partial charge in [-0.3, -0.25) is 0 Å². The highest BCUT2D eigenvalue weighted by Gasteiger charge is 2.05. The van der Waals surface area contributed by atoms with Crippen molar-refractivity contribution in [2.24, 2.45) is 0 Å². The predicted molar refractivity (Wildman–Crippen MR) is 51.5 cm³/mol. The molecule has 0 saturated carbocycles. The van der Waals surface area contributed by atoms with Crippen molar-refractivity contribution < 1.29 is 14.4 Å². The molecule has 0 unspecified atom stereocenters. The van der Waals surface area contributed by atoms with Crippen LogP contribution in [0.25, 0.3) is 0 Å². The summed E-state index contributed by atoms with van der Waals surface area (Å²) in [7, 11) is 0. The predicted octanol–water partition coefficient (Wildman–Crippen LogP) is 1.66. The molecule has 0 spiro atoms. The number of aryl methyl sites for hydroxylation is 1. The van der Waals surface area contributed by atoms with Crippen LogP contribution in [0.15, 0.2) is 28.8 Å². The Bertz CT molecular complexity index is 453. The minimum Gasteiger partial charge on any atom is -0.504 e. The molecular formula is C10H10N2O3. The first-order valence-corrected chi connectivity index (χ1v) is 4.45. The van der Waals surface area contributed by atoms with Gasteiger partial charge >= 0.3 is 0 Å². The zero-order valence-corrected chi connectivity index (χ0v) is 8.17. The summed E-state index contributed by atoms with van der Waals surface area (Å²) in [5, 5.41) is 13.0. The molecule has 0 aliphatic rings. The van der Waals surface area contributed by atoms with Crippen molar-refractivity contribution in [2.75, 3.05) is 0 Å². The van der Waals surface area contributed by atoms with Crippen LogP contribution in [0.3, 0.4) is 0 Å². The largest absolute Gasteiger partial charge is 0.504 e. The van der Waals surface area contributed by atoms with E-state index in [1.807, 2.05) is 0 Å². The summed E-state index contributed by atoms with van der Waals surface area (Å²) in [4.78, 5) is 3.97. The van der Waals surface area contributed by atoms with Gasteiger partial charge in [0.2, 0.25) is 0 Å².